The third-order valence-corrected chi connectivity index (χ3v) is 5.93. The number of carbonyl (C=O) groups excluding carboxylic acids is 1. The van der Waals surface area contributed by atoms with Crippen LogP contribution in [0, 0.1) is 0 Å². The molecule has 10 heteroatoms. The second-order valence-electron chi connectivity index (χ2n) is 9.75. The summed E-state index contributed by atoms with van der Waals surface area (Å²) < 4.78 is 5.64. The Hall–Kier alpha value is -4.08. The summed E-state index contributed by atoms with van der Waals surface area (Å²) in [6.07, 6.45) is 8.52. The van der Waals surface area contributed by atoms with Crippen LogP contribution in [-0.2, 0) is 11.8 Å². The number of carbonyl (C=O) groups is 1. The van der Waals surface area contributed by atoms with Crippen LogP contribution in [0.5, 0.6) is 0 Å². The number of allylic oxidation sites excluding steroid dienone is 1. The van der Waals surface area contributed by atoms with Crippen LogP contribution in [0.2, 0.25) is 0 Å². The third-order valence-electron chi connectivity index (χ3n) is 5.93. The van der Waals surface area contributed by atoms with Crippen LogP contribution in [0.25, 0.3) is 11.3 Å². The minimum Gasteiger partial charge on any atom is -0.416 e. The maximum absolute atomic E-state index is 12.9. The minimum absolute atomic E-state index is 0.0117. The van der Waals surface area contributed by atoms with Crippen molar-refractivity contribution in [3.05, 3.63) is 65.3 Å². The van der Waals surface area contributed by atoms with Crippen molar-refractivity contribution in [3.63, 3.8) is 0 Å². The average molecular weight is 489 g/mol. The Balaban J connectivity index is 1.56. The Kier molecular flexibility index (Phi) is 7.42. The number of benzene rings is 1. The van der Waals surface area contributed by atoms with E-state index in [1.54, 1.807) is 19.5 Å². The van der Waals surface area contributed by atoms with Gasteiger partial charge in [-0.1, -0.05) is 39.3 Å². The average Bonchev–Trinajstić information content (AvgIpc) is 3.29. The molecule has 0 spiro atoms. The van der Waals surface area contributed by atoms with E-state index in [2.05, 4.69) is 47.9 Å². The number of aryl methyl sites for hydroxylation is 1. The molecule has 36 heavy (non-hydrogen) atoms. The lowest BCUT2D eigenvalue weighted by atomic mass is 9.95. The number of fused-ring (bicyclic) bond motifs is 1. The van der Waals surface area contributed by atoms with Crippen LogP contribution in [-0.4, -0.2) is 39.3 Å². The normalized spacial score (nSPS) is 16.4. The van der Waals surface area contributed by atoms with Crippen molar-refractivity contribution in [1.29, 1.82) is 0 Å². The smallest absolute Gasteiger partial charge is 0.309 e. The van der Waals surface area contributed by atoms with Crippen molar-refractivity contribution in [1.82, 2.24) is 25.5 Å². The van der Waals surface area contributed by atoms with E-state index in [1.807, 2.05) is 32.9 Å². The molecule has 4 N–H and O–H groups in total. The van der Waals surface area contributed by atoms with Gasteiger partial charge in [0.15, 0.2) is 0 Å². The fourth-order valence-electron chi connectivity index (χ4n) is 4.09. The highest BCUT2D eigenvalue weighted by Crippen LogP contribution is 2.32. The number of aromatic nitrogens is 4. The second kappa shape index (κ2) is 10.7. The summed E-state index contributed by atoms with van der Waals surface area (Å²) in [5.41, 5.74) is 9.96. The molecular formula is C26H32N8O2. The Morgan fingerprint density at radius 1 is 1.22 bits per heavy atom. The first-order valence-corrected chi connectivity index (χ1v) is 12.0. The lowest BCUT2D eigenvalue weighted by Gasteiger charge is -2.19. The van der Waals surface area contributed by atoms with Crippen LogP contribution >= 0.6 is 0 Å². The first-order valence-electron chi connectivity index (χ1n) is 12.0. The largest absolute Gasteiger partial charge is 0.416 e. The first kappa shape index (κ1) is 25.0. The molecule has 2 heterocycles. The fourth-order valence-corrected chi connectivity index (χ4v) is 4.09. The summed E-state index contributed by atoms with van der Waals surface area (Å²) >= 11 is 0. The molecule has 3 aromatic rings. The van der Waals surface area contributed by atoms with Crippen molar-refractivity contribution in [3.8, 4) is 11.3 Å². The van der Waals surface area contributed by atoms with Gasteiger partial charge in [0.2, 0.25) is 11.8 Å². The number of nitrogens with zero attached hydrogens (tertiary/aromatic N) is 5. The number of nitrogens with one attached hydrogen (secondary N) is 2. The molecular weight excluding hydrogens is 456 g/mol. The van der Waals surface area contributed by atoms with Crippen molar-refractivity contribution >= 4 is 18.1 Å². The van der Waals surface area contributed by atoms with E-state index >= 15 is 0 Å². The lowest BCUT2D eigenvalue weighted by Crippen LogP contribution is -2.29. The standard InChI is InChI=1S/C26H32N8O2/c1-26(2,3)24-34-33-23(36-24)22(35)31-21-8-6-5-7-16-13-17(9-10-19(16)21)20-11-12-29-25(32-20)30-18(14-27)15-28-4/h9-15,21H,5-8,27H2,1-4H3,(H,31,35)(H,29,30,32). The molecule has 0 saturated heterocycles. The van der Waals surface area contributed by atoms with Crippen LogP contribution in [0.15, 0.2) is 51.8 Å². The Bertz CT molecular complexity index is 1290. The number of anilines is 1. The van der Waals surface area contributed by atoms with Gasteiger partial charge >= 0.3 is 11.8 Å². The zero-order valence-corrected chi connectivity index (χ0v) is 21.1. The molecule has 0 fully saturated rings. The summed E-state index contributed by atoms with van der Waals surface area (Å²) in [5, 5.41) is 14.2. The quantitative estimate of drug-likeness (QED) is 0.350. The van der Waals surface area contributed by atoms with E-state index in [0.29, 0.717) is 17.5 Å². The van der Waals surface area contributed by atoms with E-state index in [9.17, 15) is 4.79 Å². The van der Waals surface area contributed by atoms with Crippen LogP contribution in [0.4, 0.5) is 5.95 Å². The molecule has 0 bridgehead atoms. The van der Waals surface area contributed by atoms with Gasteiger partial charge in [0.05, 0.1) is 17.4 Å². The van der Waals surface area contributed by atoms with Crippen molar-refractivity contribution < 1.29 is 9.21 Å². The summed E-state index contributed by atoms with van der Waals surface area (Å²) in [6, 6.07) is 7.96. The molecule has 4 rings (SSSR count). The molecule has 10 nitrogen and oxygen atoms in total. The molecule has 0 saturated carbocycles. The molecule has 1 aliphatic carbocycles. The highest BCUT2D eigenvalue weighted by molar-refractivity contribution is 5.89. The Morgan fingerprint density at radius 2 is 2.06 bits per heavy atom. The predicted molar refractivity (Wildman–Crippen MR) is 139 cm³/mol. The number of hydrogen-bond donors (Lipinski definition) is 3. The van der Waals surface area contributed by atoms with E-state index in [-0.39, 0.29) is 23.3 Å². The van der Waals surface area contributed by atoms with Crippen LogP contribution in [0.3, 0.4) is 0 Å². The molecule has 2 aromatic heterocycles. The second-order valence-corrected chi connectivity index (χ2v) is 9.75. The zero-order chi connectivity index (χ0) is 25.7. The van der Waals surface area contributed by atoms with Gasteiger partial charge in [0, 0.05) is 36.6 Å². The molecule has 1 aromatic carbocycles. The molecule has 0 aliphatic heterocycles. The van der Waals surface area contributed by atoms with Crippen LogP contribution in [0.1, 0.15) is 73.8 Å². The number of aliphatic imine (C=N–C) groups is 1. The maximum atomic E-state index is 12.9. The lowest BCUT2D eigenvalue weighted by molar-refractivity contribution is 0.0896. The van der Waals surface area contributed by atoms with Crippen molar-refractivity contribution in [2.75, 3.05) is 12.4 Å². The maximum Gasteiger partial charge on any atom is 0.309 e. The van der Waals surface area contributed by atoms with Gasteiger partial charge in [-0.25, -0.2) is 9.97 Å². The highest BCUT2D eigenvalue weighted by atomic mass is 16.4. The van der Waals surface area contributed by atoms with E-state index in [1.165, 1.54) is 11.8 Å². The van der Waals surface area contributed by atoms with E-state index in [4.69, 9.17) is 10.2 Å². The summed E-state index contributed by atoms with van der Waals surface area (Å²) in [4.78, 5) is 25.8. The topological polar surface area (TPSA) is 144 Å². The SMILES string of the molecule is CN=CC(=CN)Nc1nccc(-c2ccc3c(c2)CCCCC3NC(=O)c2nnc(C(C)(C)C)o2)n1. The fraction of sp³-hybridized carbons (Fsp3) is 0.385. The van der Waals surface area contributed by atoms with Gasteiger partial charge in [0.25, 0.3) is 0 Å². The first-order chi connectivity index (χ1) is 17.3. The molecule has 188 valence electrons. The molecule has 1 aliphatic rings. The number of nitrogens with two attached hydrogens (primary N) is 1. The minimum atomic E-state index is -0.356. The summed E-state index contributed by atoms with van der Waals surface area (Å²) in [7, 11) is 1.67. The Morgan fingerprint density at radius 3 is 2.78 bits per heavy atom. The van der Waals surface area contributed by atoms with E-state index in [0.717, 1.165) is 42.5 Å². The predicted octanol–water partition coefficient (Wildman–Crippen LogP) is 3.93. The van der Waals surface area contributed by atoms with Gasteiger partial charge in [-0.05, 0) is 42.5 Å². The highest BCUT2D eigenvalue weighted by Gasteiger charge is 2.27. The van der Waals surface area contributed by atoms with Crippen LogP contribution < -0.4 is 16.4 Å². The number of rotatable bonds is 6. The Labute approximate surface area is 210 Å². The van der Waals surface area contributed by atoms with Gasteiger partial charge in [-0.2, -0.15) is 0 Å². The molecule has 1 atom stereocenters. The summed E-state index contributed by atoms with van der Waals surface area (Å²) in [5.74, 6) is 0.500. The van der Waals surface area contributed by atoms with Gasteiger partial charge < -0.3 is 20.8 Å². The monoisotopic (exact) mass is 488 g/mol. The van der Waals surface area contributed by atoms with Crippen molar-refractivity contribution in [2.45, 2.75) is 57.9 Å². The number of hydrogen-bond acceptors (Lipinski definition) is 9. The van der Waals surface area contributed by atoms with Gasteiger partial charge in [0.1, 0.15) is 0 Å². The zero-order valence-electron chi connectivity index (χ0n) is 21.1. The van der Waals surface area contributed by atoms with Crippen molar-refractivity contribution in [2.24, 2.45) is 10.7 Å². The molecule has 1 unspecified atom stereocenters. The third kappa shape index (κ3) is 5.76. The molecule has 1 amide bonds. The molecule has 0 radical (unpaired) electrons. The van der Waals surface area contributed by atoms with Gasteiger partial charge in [-0.3, -0.25) is 9.79 Å². The summed E-state index contributed by atoms with van der Waals surface area (Å²) in [6.45, 7) is 5.89. The van der Waals surface area contributed by atoms with E-state index < -0.39 is 0 Å². The number of amides is 1. The van der Waals surface area contributed by atoms with Gasteiger partial charge in [-0.15, -0.1) is 10.2 Å².